The number of aryl methyl sites for hydroxylation is 1. The number of nitrogens with one attached hydrogen (secondary N) is 3. The summed E-state index contributed by atoms with van der Waals surface area (Å²) >= 11 is 0. The van der Waals surface area contributed by atoms with Gasteiger partial charge in [0.05, 0.1) is 24.0 Å². The van der Waals surface area contributed by atoms with Gasteiger partial charge in [0.1, 0.15) is 35.3 Å². The number of carbonyl (C=O) groups is 5. The number of alkyl carbamates (subject to hydrolysis) is 1. The molecule has 0 aromatic heterocycles. The van der Waals surface area contributed by atoms with Gasteiger partial charge in [-0.1, -0.05) is 93.6 Å². The highest BCUT2D eigenvalue weighted by Gasteiger charge is 2.59. The van der Waals surface area contributed by atoms with Crippen LogP contribution in [0.5, 0.6) is 11.5 Å². The predicted octanol–water partition coefficient (Wildman–Crippen LogP) is 8.25. The van der Waals surface area contributed by atoms with Crippen molar-refractivity contribution in [1.82, 2.24) is 20.3 Å². The van der Waals surface area contributed by atoms with E-state index in [0.717, 1.165) is 33.0 Å². The van der Waals surface area contributed by atoms with Crippen LogP contribution in [0, 0.1) is 17.3 Å². The number of amides is 4. The van der Waals surface area contributed by atoms with Crippen molar-refractivity contribution < 1.29 is 46.6 Å². The van der Waals surface area contributed by atoms with Crippen molar-refractivity contribution in [3.63, 3.8) is 0 Å². The molecule has 4 aromatic rings. The van der Waals surface area contributed by atoms with E-state index in [-0.39, 0.29) is 43.0 Å². The second-order valence-corrected chi connectivity index (χ2v) is 20.3. The number of benzene rings is 4. The lowest BCUT2D eigenvalue weighted by atomic mass is 9.92. The van der Waals surface area contributed by atoms with E-state index in [1.165, 1.54) is 23.1 Å². The molecule has 0 spiro atoms. The molecule has 6 rings (SSSR count). The number of fused-ring (bicyclic) bond motifs is 1. The van der Waals surface area contributed by atoms with Gasteiger partial charge in [-0.2, -0.15) is 0 Å². The molecule has 4 aromatic carbocycles. The van der Waals surface area contributed by atoms with Crippen LogP contribution in [-0.4, -0.2) is 86.9 Å². The summed E-state index contributed by atoms with van der Waals surface area (Å²) in [6, 6.07) is 22.7. The molecular formula is C54H64N4O10S. The van der Waals surface area contributed by atoms with Gasteiger partial charge in [0.25, 0.3) is 10.0 Å². The summed E-state index contributed by atoms with van der Waals surface area (Å²) < 4.78 is 46.8. The first kappa shape index (κ1) is 51.6. The van der Waals surface area contributed by atoms with Crippen LogP contribution in [0.1, 0.15) is 72.8 Å². The molecule has 1 aliphatic carbocycles. The number of ether oxygens (including phenoxy) is 3. The van der Waals surface area contributed by atoms with E-state index >= 15 is 4.79 Å². The Morgan fingerprint density at radius 1 is 0.942 bits per heavy atom. The number of rotatable bonds is 20. The standard InChI is InChI=1S/C54H64N4O10S/c1-10-35(34(5)47(59)13-4)24-27-45(56-52(63)68-53(6,7)8)50(61)58-32-39(67-48-30-43(36-20-16-14-17-21-36)41(12-3)44-28-38(66-9)25-26-42(44)48)29-46(58)49(60)55-33-54(31-37(54)11-2)51(62)57-69(64,65)40-22-18-15-19-23-40/h11,13-26,28,30,34,37,39,45-46H,2,4,10,12,27,29,31-33H2,1,3,5-9H3,(H,55,60)(H,56,63)(H,57,62). The molecule has 15 heteroatoms. The van der Waals surface area contributed by atoms with Crippen LogP contribution in [0.2, 0.25) is 0 Å². The Bertz CT molecular complexity index is 2730. The van der Waals surface area contributed by atoms with Gasteiger partial charge >= 0.3 is 6.09 Å². The summed E-state index contributed by atoms with van der Waals surface area (Å²) in [7, 11) is -2.64. The Morgan fingerprint density at radius 3 is 2.22 bits per heavy atom. The van der Waals surface area contributed by atoms with E-state index in [0.29, 0.717) is 24.3 Å². The van der Waals surface area contributed by atoms with E-state index in [1.807, 2.05) is 61.5 Å². The van der Waals surface area contributed by atoms with Gasteiger partial charge in [-0.05, 0) is 117 Å². The molecule has 0 radical (unpaired) electrons. The van der Waals surface area contributed by atoms with Gasteiger partial charge in [0, 0.05) is 24.3 Å². The van der Waals surface area contributed by atoms with Gasteiger partial charge in [0.2, 0.25) is 17.7 Å². The molecule has 1 saturated carbocycles. The van der Waals surface area contributed by atoms with Crippen LogP contribution in [0.4, 0.5) is 4.79 Å². The first-order valence-electron chi connectivity index (χ1n) is 23.3. The topological polar surface area (TPSA) is 187 Å². The number of allylic oxidation sites excluding steroid dienone is 3. The Balaban J connectivity index is 1.37. The van der Waals surface area contributed by atoms with Gasteiger partial charge in [-0.3, -0.25) is 19.2 Å². The minimum Gasteiger partial charge on any atom is -0.497 e. The average molecular weight is 961 g/mol. The number of likely N-dealkylation sites (tertiary alicyclic amines) is 1. The van der Waals surface area contributed by atoms with Crippen LogP contribution in [0.25, 0.3) is 21.9 Å². The molecule has 0 bridgehead atoms. The SMILES string of the molecule is C=CC(=O)C(C)C(=CCC(NC(=O)OC(C)(C)C)C(=O)N1CC(Oc2cc(-c3ccccc3)c(CC)c3cc(OC)ccc23)CC1C(=O)NCC1(C(=O)NS(=O)(=O)c2ccccc2)CC1C=C)CC. The van der Waals surface area contributed by atoms with E-state index in [9.17, 15) is 27.6 Å². The minimum atomic E-state index is -4.24. The van der Waals surface area contributed by atoms with Crippen molar-refractivity contribution in [3.8, 4) is 22.6 Å². The molecule has 2 aliphatic rings. The normalized spacial score (nSPS) is 20.0. The quantitative estimate of drug-likeness (QED) is 0.0575. The van der Waals surface area contributed by atoms with Crippen molar-refractivity contribution >= 4 is 50.4 Å². The van der Waals surface area contributed by atoms with E-state index in [2.05, 4.69) is 35.4 Å². The number of hydrogen-bond acceptors (Lipinski definition) is 10. The Kier molecular flexibility index (Phi) is 16.2. The van der Waals surface area contributed by atoms with Crippen molar-refractivity contribution in [3.05, 3.63) is 127 Å². The van der Waals surface area contributed by atoms with Crippen LogP contribution in [0.15, 0.2) is 127 Å². The lowest BCUT2D eigenvalue weighted by Gasteiger charge is -2.29. The largest absolute Gasteiger partial charge is 0.497 e. The van der Waals surface area contributed by atoms with Gasteiger partial charge in [-0.15, -0.1) is 6.58 Å². The summed E-state index contributed by atoms with van der Waals surface area (Å²) in [6.07, 6.45) is 4.31. The maximum atomic E-state index is 15.1. The molecule has 4 amide bonds. The van der Waals surface area contributed by atoms with Crippen molar-refractivity contribution in [2.75, 3.05) is 20.2 Å². The Morgan fingerprint density at radius 2 is 1.62 bits per heavy atom. The zero-order valence-corrected chi connectivity index (χ0v) is 41.3. The third kappa shape index (κ3) is 11.9. The zero-order chi connectivity index (χ0) is 50.3. The second kappa shape index (κ2) is 21.7. The first-order valence-corrected chi connectivity index (χ1v) is 24.8. The number of carbonyl (C=O) groups excluding carboxylic acids is 5. The van der Waals surface area contributed by atoms with Crippen molar-refractivity contribution in [2.45, 2.75) is 102 Å². The maximum absolute atomic E-state index is 15.1. The zero-order valence-electron chi connectivity index (χ0n) is 40.5. The summed E-state index contributed by atoms with van der Waals surface area (Å²) in [5.41, 5.74) is 1.48. The highest BCUT2D eigenvalue weighted by Crippen LogP contribution is 2.53. The molecular weight excluding hydrogens is 897 g/mol. The highest BCUT2D eigenvalue weighted by molar-refractivity contribution is 7.90. The second-order valence-electron chi connectivity index (χ2n) is 18.6. The molecule has 69 heavy (non-hydrogen) atoms. The molecule has 6 unspecified atom stereocenters. The monoisotopic (exact) mass is 960 g/mol. The van der Waals surface area contributed by atoms with Gasteiger partial charge in [0.15, 0.2) is 5.78 Å². The third-order valence-corrected chi connectivity index (χ3v) is 14.3. The third-order valence-electron chi connectivity index (χ3n) is 12.9. The lowest BCUT2D eigenvalue weighted by Crippen LogP contribution is -2.54. The Hall–Kier alpha value is -6.74. The van der Waals surface area contributed by atoms with E-state index in [4.69, 9.17) is 14.2 Å². The fourth-order valence-electron chi connectivity index (χ4n) is 9.02. The van der Waals surface area contributed by atoms with Crippen LogP contribution < -0.4 is 24.8 Å². The molecule has 366 valence electrons. The number of sulfonamides is 1. The predicted molar refractivity (Wildman–Crippen MR) is 266 cm³/mol. The summed E-state index contributed by atoms with van der Waals surface area (Å²) in [5, 5.41) is 7.32. The summed E-state index contributed by atoms with van der Waals surface area (Å²) in [5.74, 6) is -2.03. The average Bonchev–Trinajstić information content (AvgIpc) is 3.92. The van der Waals surface area contributed by atoms with Gasteiger partial charge in [-0.25, -0.2) is 17.9 Å². The van der Waals surface area contributed by atoms with Gasteiger partial charge < -0.3 is 29.7 Å². The van der Waals surface area contributed by atoms with E-state index in [1.54, 1.807) is 65.2 Å². The summed E-state index contributed by atoms with van der Waals surface area (Å²) in [4.78, 5) is 71.0. The first-order chi connectivity index (χ1) is 32.8. The molecule has 1 heterocycles. The molecule has 2 fully saturated rings. The molecule has 1 saturated heterocycles. The van der Waals surface area contributed by atoms with Crippen LogP contribution in [-0.2, 0) is 40.4 Å². The molecule has 6 atom stereocenters. The fraction of sp³-hybridized carbons (Fsp3) is 0.389. The number of methoxy groups -OCH3 is 1. The van der Waals surface area contributed by atoms with Crippen LogP contribution in [0.3, 0.4) is 0 Å². The fourth-order valence-corrected chi connectivity index (χ4v) is 10.1. The van der Waals surface area contributed by atoms with E-state index < -0.39 is 74.9 Å². The lowest BCUT2D eigenvalue weighted by molar-refractivity contribution is -0.140. The molecule has 3 N–H and O–H groups in total. The molecule has 14 nitrogen and oxygen atoms in total. The number of nitrogens with zero attached hydrogens (tertiary/aromatic N) is 1. The van der Waals surface area contributed by atoms with Crippen molar-refractivity contribution in [2.24, 2.45) is 17.3 Å². The van der Waals surface area contributed by atoms with Crippen molar-refractivity contribution in [1.29, 1.82) is 0 Å². The number of hydrogen-bond donors (Lipinski definition) is 3. The Labute approximate surface area is 405 Å². The number of ketones is 1. The maximum Gasteiger partial charge on any atom is 0.408 e. The molecule has 1 aliphatic heterocycles. The summed E-state index contributed by atoms with van der Waals surface area (Å²) in [6.45, 7) is 17.9. The highest BCUT2D eigenvalue weighted by atomic mass is 32.2. The smallest absolute Gasteiger partial charge is 0.408 e. The van der Waals surface area contributed by atoms with Crippen LogP contribution >= 0.6 is 0 Å². The minimum absolute atomic E-state index is 0.0119.